The van der Waals surface area contributed by atoms with Crippen LogP contribution in [0.2, 0.25) is 0 Å². The first-order valence-corrected chi connectivity index (χ1v) is 42.8. The van der Waals surface area contributed by atoms with Crippen LogP contribution in [0.25, 0.3) is 190 Å². The molecule has 120 heavy (non-hydrogen) atoms. The number of nitrogens with zero attached hydrogens (tertiary/aromatic N) is 4. The van der Waals surface area contributed by atoms with Crippen molar-refractivity contribution in [1.82, 2.24) is 39.9 Å². The van der Waals surface area contributed by atoms with E-state index in [2.05, 4.69) is 368 Å². The van der Waals surface area contributed by atoms with Crippen molar-refractivity contribution in [1.29, 1.82) is 0 Å². The third-order valence-electron chi connectivity index (χ3n) is 25.3. The lowest BCUT2D eigenvalue weighted by Crippen LogP contribution is -2.16. The smallest absolute Gasteiger partial charge is 0.119 e. The van der Waals surface area contributed by atoms with Gasteiger partial charge in [-0.25, -0.2) is 19.9 Å². The van der Waals surface area contributed by atoms with Gasteiger partial charge in [-0.15, -0.1) is 0 Å². The maximum absolute atomic E-state index is 6.36. The Hall–Kier alpha value is -11.9. The van der Waals surface area contributed by atoms with Crippen LogP contribution in [0.5, 0.6) is 11.5 Å². The fraction of sp³-hybridized carbons (Fsp3) is 0.309. The summed E-state index contributed by atoms with van der Waals surface area (Å²) >= 11 is 0. The molecule has 0 saturated heterocycles. The summed E-state index contributed by atoms with van der Waals surface area (Å²) in [7, 11) is 3.48. The van der Waals surface area contributed by atoms with Gasteiger partial charge in [0, 0.05) is 98.8 Å². The predicted octanol–water partition coefficient (Wildman–Crippen LogP) is 30.0. The Morgan fingerprint density at radius 1 is 0.233 bits per heavy atom. The molecular formula is C110H114N8O2. The van der Waals surface area contributed by atoms with E-state index < -0.39 is 0 Å². The van der Waals surface area contributed by atoms with E-state index in [1.807, 2.05) is 12.1 Å². The molecule has 0 fully saturated rings. The highest BCUT2D eigenvalue weighted by molar-refractivity contribution is 6.39. The number of ether oxygens (including phenoxy) is 2. The van der Waals surface area contributed by atoms with Gasteiger partial charge in [-0.05, 0) is 218 Å². The molecule has 4 N–H and O–H groups in total. The van der Waals surface area contributed by atoms with Crippen LogP contribution in [0.3, 0.4) is 0 Å². The Bertz CT molecular complexity index is 6680. The van der Waals surface area contributed by atoms with Crippen LogP contribution in [-0.4, -0.2) is 54.1 Å². The van der Waals surface area contributed by atoms with E-state index in [-0.39, 0.29) is 43.3 Å². The molecule has 2 aliphatic rings. The molecule has 10 nitrogen and oxygen atoms in total. The highest BCUT2D eigenvalue weighted by Gasteiger charge is 2.33. The Morgan fingerprint density at radius 2 is 0.492 bits per heavy atom. The molecule has 8 aromatic carbocycles. The number of nitrogens with one attached hydrogen (secondary N) is 4. The molecule has 0 unspecified atom stereocenters. The lowest BCUT2D eigenvalue weighted by Gasteiger charge is -2.26. The van der Waals surface area contributed by atoms with Crippen LogP contribution in [0.4, 0.5) is 0 Å². The minimum Gasteiger partial charge on any atom is -0.497 e. The first-order valence-electron chi connectivity index (χ1n) is 42.8. The molecule has 0 radical (unpaired) electrons. The molecule has 2 aliphatic heterocycles. The van der Waals surface area contributed by atoms with Gasteiger partial charge in [-0.3, -0.25) is 0 Å². The summed E-state index contributed by atoms with van der Waals surface area (Å²) in [5.74, 6) is 1.50. The summed E-state index contributed by atoms with van der Waals surface area (Å²) in [6.07, 6.45) is 8.90. The Labute approximate surface area is 706 Å². The quantitative estimate of drug-likeness (QED) is 0.120. The fourth-order valence-corrected chi connectivity index (χ4v) is 18.0. The normalized spacial score (nSPS) is 13.5. The number of rotatable bonds is 8. The zero-order valence-corrected chi connectivity index (χ0v) is 75.1. The van der Waals surface area contributed by atoms with Crippen LogP contribution in [0, 0.1) is 0 Å². The summed E-state index contributed by atoms with van der Waals surface area (Å²) in [4.78, 5) is 41.9. The molecule has 8 aromatic heterocycles. The van der Waals surface area contributed by atoms with Crippen molar-refractivity contribution < 1.29 is 9.47 Å². The number of hydrogen-bond acceptors (Lipinski definition) is 6. The van der Waals surface area contributed by atoms with Gasteiger partial charge in [-0.1, -0.05) is 263 Å². The molecule has 0 aliphatic carbocycles. The lowest BCUT2D eigenvalue weighted by molar-refractivity contribution is 0.415. The second kappa shape index (κ2) is 27.3. The van der Waals surface area contributed by atoms with Gasteiger partial charge >= 0.3 is 0 Å². The van der Waals surface area contributed by atoms with Gasteiger partial charge in [0.2, 0.25) is 0 Å². The summed E-state index contributed by atoms with van der Waals surface area (Å²) in [5, 5.41) is 5.95. The summed E-state index contributed by atoms with van der Waals surface area (Å²) in [6, 6.07) is 64.5. The van der Waals surface area contributed by atoms with Crippen LogP contribution in [0.1, 0.15) is 233 Å². The molecular weight excluding hydrogens is 1470 g/mol. The molecule has 0 spiro atoms. The van der Waals surface area contributed by atoms with Crippen LogP contribution in [-0.2, 0) is 43.3 Å². The summed E-state index contributed by atoms with van der Waals surface area (Å²) in [6.45, 7) is 55.8. The third-order valence-corrected chi connectivity index (χ3v) is 25.3. The topological polar surface area (TPSA) is 133 Å². The van der Waals surface area contributed by atoms with E-state index in [4.69, 9.17) is 29.4 Å². The zero-order valence-electron chi connectivity index (χ0n) is 75.1. The predicted molar refractivity (Wildman–Crippen MR) is 512 cm³/mol. The maximum atomic E-state index is 6.36. The Balaban J connectivity index is 1.15. The number of hydrogen-bond donors (Lipinski definition) is 4. The third kappa shape index (κ3) is 13.7. The minimum atomic E-state index is -0.214. The molecule has 16 aromatic rings. The van der Waals surface area contributed by atoms with E-state index in [0.29, 0.717) is 0 Å². The first-order chi connectivity index (χ1) is 56.3. The second-order valence-electron chi connectivity index (χ2n) is 42.4. The largest absolute Gasteiger partial charge is 0.497 e. The number of aromatic amines is 4. The molecule has 0 atom stereocenters. The van der Waals surface area contributed by atoms with Crippen molar-refractivity contribution in [2.45, 2.75) is 209 Å². The van der Waals surface area contributed by atoms with E-state index in [1.54, 1.807) is 14.2 Å². The average Bonchev–Trinajstić information content (AvgIpc) is 1.52. The Kier molecular flexibility index (Phi) is 18.0. The SMILES string of the molecule is COc1cccc(-c2c3nc(c(-c4cc(C(C)(C)C)cc(C(C)(C)C)c4)c4cc5c6cc7[nH]c6c6c8nc(cc8c8cc(nc8c6c5[nH]4)c(-c4cc(C(C)(C)C)cc(C(C)(C)C)c4)c4ccc2[nH]4)c(-c2cc(C(C)(C)C)cc(C(C)(C)C)c2)c2ccc([nH]2)c(-c2cccc(OC)c2)c2nc(c7-c4cc(C(C)(C)C)cc(C(C)(C)C)c4)C=C2)C=C3)c1. The van der Waals surface area contributed by atoms with Gasteiger partial charge < -0.3 is 29.4 Å². The number of fused-ring (bicyclic) bond motifs is 14. The first kappa shape index (κ1) is 79.2. The van der Waals surface area contributed by atoms with Gasteiger partial charge in [0.1, 0.15) is 11.5 Å². The number of H-pyrrole nitrogens is 4. The molecule has 10 heterocycles. The molecule has 606 valence electrons. The Morgan fingerprint density at radius 3 is 0.758 bits per heavy atom. The van der Waals surface area contributed by atoms with Crippen LogP contribution in [0.15, 0.2) is 170 Å². The van der Waals surface area contributed by atoms with E-state index in [9.17, 15) is 0 Å². The lowest BCUT2D eigenvalue weighted by atomic mass is 9.78. The van der Waals surface area contributed by atoms with Crippen LogP contribution < -0.4 is 9.47 Å². The fourth-order valence-electron chi connectivity index (χ4n) is 18.0. The van der Waals surface area contributed by atoms with Gasteiger partial charge in [-0.2, -0.15) is 0 Å². The molecule has 16 bridgehead atoms. The van der Waals surface area contributed by atoms with E-state index in [0.717, 1.165) is 200 Å². The maximum Gasteiger partial charge on any atom is 0.119 e. The molecule has 0 amide bonds. The number of methoxy groups -OCH3 is 2. The van der Waals surface area contributed by atoms with Crippen molar-refractivity contribution in [3.05, 3.63) is 237 Å². The zero-order chi connectivity index (χ0) is 85.1. The minimum absolute atomic E-state index is 0.214. The standard InChI is InChI=1S/C110H114N8O2/c1-103(2,3)65-41-61(42-66(51-65)104(4,5)6)93-83-37-33-79(111-83)91(59-29-27-31-73(49-59)119-25)80-34-38-84(112-80)95(63-45-69(107(13,14)15)53-70(46-63)108(16,17)18)89-57-77-78-58-90-96(64-47-71(109(19,20)21)54-72(48-64)110(22,23)24)86-40-36-82(114-86)92(60-30-28-32-74(50-60)120-26)81-35-39-85(113-81)94(62-43-67(105(7,8)9)52-68(44-62)106(10,11)12)88-56-76-75-55-87(93)115-99(75)97(101(77)117-89)98(100(76)116-88)102(78)118-90/h27-58,111,113,117-118H,1-26H3. The van der Waals surface area contributed by atoms with Crippen LogP contribution >= 0.6 is 0 Å². The monoisotopic (exact) mass is 1580 g/mol. The van der Waals surface area contributed by atoms with Gasteiger partial charge in [0.15, 0.2) is 0 Å². The van der Waals surface area contributed by atoms with Crippen molar-refractivity contribution in [2.75, 3.05) is 14.2 Å². The molecule has 10 heteroatoms. The average molecular weight is 1580 g/mol. The second-order valence-corrected chi connectivity index (χ2v) is 42.4. The van der Waals surface area contributed by atoms with E-state index >= 15 is 0 Å². The summed E-state index contributed by atoms with van der Waals surface area (Å²) in [5.41, 5.74) is 34.2. The van der Waals surface area contributed by atoms with Gasteiger partial charge in [0.25, 0.3) is 0 Å². The number of aromatic nitrogens is 8. The summed E-state index contributed by atoms with van der Waals surface area (Å²) < 4.78 is 12.2. The van der Waals surface area contributed by atoms with Gasteiger partial charge in [0.05, 0.1) is 70.1 Å². The molecule has 0 saturated carbocycles. The van der Waals surface area contributed by atoms with Crippen molar-refractivity contribution >= 4 is 123 Å². The highest BCUT2D eigenvalue weighted by atomic mass is 16.5. The van der Waals surface area contributed by atoms with Crippen molar-refractivity contribution in [2.24, 2.45) is 0 Å². The van der Waals surface area contributed by atoms with Crippen molar-refractivity contribution in [3.63, 3.8) is 0 Å². The van der Waals surface area contributed by atoms with E-state index in [1.165, 1.54) is 44.5 Å². The number of benzene rings is 8. The van der Waals surface area contributed by atoms with Crippen molar-refractivity contribution in [3.8, 4) is 78.3 Å². The molecule has 18 rings (SSSR count). The highest BCUT2D eigenvalue weighted by Crippen LogP contribution is 2.52.